The van der Waals surface area contributed by atoms with Crippen LogP contribution in [0.3, 0.4) is 0 Å². The molecule has 0 saturated carbocycles. The standard InChI is InChI=1S/C21H34N2/c1-4-6-10-20(21-11-8-7-9-18(21)3)17-23(5-2)16-19-12-14-22-15-13-19/h7-11,19,22H,4-6,12-17H2,1-3H3. The molecule has 0 aliphatic carbocycles. The molecule has 128 valence electrons. The maximum absolute atomic E-state index is 3.48. The summed E-state index contributed by atoms with van der Waals surface area (Å²) >= 11 is 0. The smallest absolute Gasteiger partial charge is 0.0236 e. The lowest BCUT2D eigenvalue weighted by atomic mass is 9.95. The van der Waals surface area contributed by atoms with Gasteiger partial charge in [-0.2, -0.15) is 0 Å². The third-order valence-electron chi connectivity index (χ3n) is 4.99. The van der Waals surface area contributed by atoms with Crippen molar-refractivity contribution in [1.29, 1.82) is 0 Å². The van der Waals surface area contributed by atoms with Gasteiger partial charge in [-0.25, -0.2) is 0 Å². The highest BCUT2D eigenvalue weighted by atomic mass is 15.1. The molecular formula is C21H34N2. The number of hydrogen-bond acceptors (Lipinski definition) is 2. The molecule has 0 atom stereocenters. The Morgan fingerprint density at radius 1 is 1.22 bits per heavy atom. The molecule has 0 unspecified atom stereocenters. The number of nitrogens with one attached hydrogen (secondary N) is 1. The van der Waals surface area contributed by atoms with Gasteiger partial charge in [-0.3, -0.25) is 4.90 Å². The summed E-state index contributed by atoms with van der Waals surface area (Å²) in [5.74, 6) is 0.862. The van der Waals surface area contributed by atoms with E-state index < -0.39 is 0 Å². The van der Waals surface area contributed by atoms with E-state index in [9.17, 15) is 0 Å². The molecular weight excluding hydrogens is 280 g/mol. The normalized spacial score (nSPS) is 17.0. The van der Waals surface area contributed by atoms with Crippen molar-refractivity contribution in [3.8, 4) is 0 Å². The summed E-state index contributed by atoms with van der Waals surface area (Å²) < 4.78 is 0. The molecule has 0 spiro atoms. The number of hydrogen-bond donors (Lipinski definition) is 1. The number of rotatable bonds is 8. The van der Waals surface area contributed by atoms with Gasteiger partial charge in [0, 0.05) is 13.1 Å². The first-order chi connectivity index (χ1) is 11.2. The summed E-state index contributed by atoms with van der Waals surface area (Å²) in [5.41, 5.74) is 4.35. The van der Waals surface area contributed by atoms with Gasteiger partial charge >= 0.3 is 0 Å². The molecule has 1 fully saturated rings. The summed E-state index contributed by atoms with van der Waals surface area (Å²) in [6, 6.07) is 8.83. The molecule has 0 radical (unpaired) electrons. The maximum atomic E-state index is 3.48. The first kappa shape index (κ1) is 18.2. The van der Waals surface area contributed by atoms with Crippen molar-refractivity contribution in [2.75, 3.05) is 32.7 Å². The third-order valence-corrected chi connectivity index (χ3v) is 4.99. The summed E-state index contributed by atoms with van der Waals surface area (Å²) in [6.07, 6.45) is 7.52. The van der Waals surface area contributed by atoms with Crippen LogP contribution in [0, 0.1) is 12.8 Å². The molecule has 23 heavy (non-hydrogen) atoms. The van der Waals surface area contributed by atoms with E-state index in [1.807, 2.05) is 0 Å². The molecule has 1 aromatic rings. The average Bonchev–Trinajstić information content (AvgIpc) is 2.59. The van der Waals surface area contributed by atoms with E-state index in [0.717, 1.165) is 19.0 Å². The zero-order valence-corrected chi connectivity index (χ0v) is 15.3. The van der Waals surface area contributed by atoms with Crippen molar-refractivity contribution < 1.29 is 0 Å². The fraction of sp³-hybridized carbons (Fsp3) is 0.619. The van der Waals surface area contributed by atoms with Gasteiger partial charge < -0.3 is 5.32 Å². The lowest BCUT2D eigenvalue weighted by Crippen LogP contribution is -2.36. The zero-order chi connectivity index (χ0) is 16.5. The second kappa shape index (κ2) is 9.89. The number of nitrogens with zero attached hydrogens (tertiary/aromatic N) is 1. The Morgan fingerprint density at radius 2 is 1.96 bits per heavy atom. The van der Waals surface area contributed by atoms with Gasteiger partial charge in [-0.1, -0.05) is 50.6 Å². The Labute approximate surface area is 143 Å². The van der Waals surface area contributed by atoms with E-state index >= 15 is 0 Å². The molecule has 2 heteroatoms. The third kappa shape index (κ3) is 5.78. The molecule has 1 N–H and O–H groups in total. The SMILES string of the molecule is CCCC=C(CN(CC)CC1CCNCC1)c1ccccc1C. The quantitative estimate of drug-likeness (QED) is 0.760. The van der Waals surface area contributed by atoms with Gasteiger partial charge in [0.1, 0.15) is 0 Å². The molecule has 0 amide bonds. The van der Waals surface area contributed by atoms with Crippen molar-refractivity contribution in [2.24, 2.45) is 5.92 Å². The van der Waals surface area contributed by atoms with E-state index in [0.29, 0.717) is 0 Å². The minimum atomic E-state index is 0.862. The van der Waals surface area contributed by atoms with Gasteiger partial charge in [0.05, 0.1) is 0 Å². The molecule has 1 aliphatic heterocycles. The van der Waals surface area contributed by atoms with Crippen LogP contribution in [0.15, 0.2) is 30.3 Å². The average molecular weight is 315 g/mol. The number of allylic oxidation sites excluding steroid dienone is 1. The predicted octanol–water partition coefficient (Wildman–Crippen LogP) is 4.50. The molecule has 1 heterocycles. The Hall–Kier alpha value is -1.12. The fourth-order valence-corrected chi connectivity index (χ4v) is 3.49. The second-order valence-electron chi connectivity index (χ2n) is 6.85. The first-order valence-electron chi connectivity index (χ1n) is 9.42. The van der Waals surface area contributed by atoms with Crippen LogP contribution in [0.2, 0.25) is 0 Å². The van der Waals surface area contributed by atoms with E-state index in [4.69, 9.17) is 0 Å². The lowest BCUT2D eigenvalue weighted by Gasteiger charge is -2.30. The Balaban J connectivity index is 2.07. The predicted molar refractivity (Wildman–Crippen MR) is 102 cm³/mol. The van der Waals surface area contributed by atoms with Crippen LogP contribution in [-0.4, -0.2) is 37.6 Å². The van der Waals surface area contributed by atoms with Crippen LogP contribution < -0.4 is 5.32 Å². The van der Waals surface area contributed by atoms with Gasteiger partial charge in [-0.15, -0.1) is 0 Å². The van der Waals surface area contributed by atoms with Crippen LogP contribution in [0.1, 0.15) is 50.7 Å². The molecule has 0 bridgehead atoms. The van der Waals surface area contributed by atoms with Crippen molar-refractivity contribution in [1.82, 2.24) is 10.2 Å². The van der Waals surface area contributed by atoms with Crippen molar-refractivity contribution in [3.63, 3.8) is 0 Å². The van der Waals surface area contributed by atoms with E-state index in [2.05, 4.69) is 61.3 Å². The van der Waals surface area contributed by atoms with Crippen LogP contribution in [-0.2, 0) is 0 Å². The van der Waals surface area contributed by atoms with Gasteiger partial charge in [-0.05, 0) is 68.4 Å². The first-order valence-corrected chi connectivity index (χ1v) is 9.42. The number of unbranched alkanes of at least 4 members (excludes halogenated alkanes) is 1. The summed E-state index contributed by atoms with van der Waals surface area (Å²) in [6.45, 7) is 12.7. The Morgan fingerprint density at radius 3 is 2.61 bits per heavy atom. The van der Waals surface area contributed by atoms with Crippen LogP contribution in [0.25, 0.3) is 5.57 Å². The largest absolute Gasteiger partial charge is 0.317 e. The summed E-state index contributed by atoms with van der Waals surface area (Å²) in [4.78, 5) is 2.64. The molecule has 2 rings (SSSR count). The van der Waals surface area contributed by atoms with Crippen molar-refractivity contribution in [3.05, 3.63) is 41.5 Å². The summed E-state index contributed by atoms with van der Waals surface area (Å²) in [5, 5.41) is 3.48. The highest BCUT2D eigenvalue weighted by molar-refractivity contribution is 5.69. The van der Waals surface area contributed by atoms with Crippen LogP contribution >= 0.6 is 0 Å². The van der Waals surface area contributed by atoms with Gasteiger partial charge in [0.15, 0.2) is 0 Å². The minimum Gasteiger partial charge on any atom is -0.317 e. The number of piperidine rings is 1. The summed E-state index contributed by atoms with van der Waals surface area (Å²) in [7, 11) is 0. The zero-order valence-electron chi connectivity index (χ0n) is 15.3. The van der Waals surface area contributed by atoms with E-state index in [1.54, 1.807) is 0 Å². The minimum absolute atomic E-state index is 0.862. The Bertz CT molecular complexity index is 486. The number of aryl methyl sites for hydroxylation is 1. The van der Waals surface area contributed by atoms with Crippen LogP contribution in [0.5, 0.6) is 0 Å². The second-order valence-corrected chi connectivity index (χ2v) is 6.85. The van der Waals surface area contributed by atoms with Gasteiger partial charge in [0.25, 0.3) is 0 Å². The molecule has 1 saturated heterocycles. The van der Waals surface area contributed by atoms with Gasteiger partial charge in [0.2, 0.25) is 0 Å². The topological polar surface area (TPSA) is 15.3 Å². The lowest BCUT2D eigenvalue weighted by molar-refractivity contribution is 0.233. The van der Waals surface area contributed by atoms with Crippen molar-refractivity contribution in [2.45, 2.75) is 46.5 Å². The monoisotopic (exact) mass is 314 g/mol. The maximum Gasteiger partial charge on any atom is 0.0236 e. The number of likely N-dealkylation sites (N-methyl/N-ethyl adjacent to an activating group) is 1. The highest BCUT2D eigenvalue weighted by Gasteiger charge is 2.17. The highest BCUT2D eigenvalue weighted by Crippen LogP contribution is 2.22. The Kier molecular flexibility index (Phi) is 7.84. The molecule has 1 aliphatic rings. The number of benzene rings is 1. The van der Waals surface area contributed by atoms with Crippen molar-refractivity contribution >= 4 is 5.57 Å². The molecule has 1 aromatic carbocycles. The van der Waals surface area contributed by atoms with E-state index in [1.165, 1.54) is 62.0 Å². The van der Waals surface area contributed by atoms with E-state index in [-0.39, 0.29) is 0 Å². The molecule has 2 nitrogen and oxygen atoms in total. The fourth-order valence-electron chi connectivity index (χ4n) is 3.49. The molecule has 0 aromatic heterocycles. The van der Waals surface area contributed by atoms with Crippen LogP contribution in [0.4, 0.5) is 0 Å².